The van der Waals surface area contributed by atoms with Crippen molar-refractivity contribution in [3.63, 3.8) is 0 Å². The lowest BCUT2D eigenvalue weighted by Crippen LogP contribution is -2.00. The summed E-state index contributed by atoms with van der Waals surface area (Å²) in [6.45, 7) is 0.450. The summed E-state index contributed by atoms with van der Waals surface area (Å²) in [6.07, 6.45) is 1.56. The van der Waals surface area contributed by atoms with E-state index in [1.807, 2.05) is 18.2 Å². The summed E-state index contributed by atoms with van der Waals surface area (Å²) in [6, 6.07) is 18.1. The summed E-state index contributed by atoms with van der Waals surface area (Å²) in [4.78, 5) is 5.35. The Hall–Kier alpha value is -2.72. The van der Waals surface area contributed by atoms with Gasteiger partial charge in [0, 0.05) is 31.2 Å². The molecule has 0 spiro atoms. The van der Waals surface area contributed by atoms with E-state index in [9.17, 15) is 0 Å². The maximum absolute atomic E-state index is 9.13. The highest BCUT2D eigenvalue weighted by Crippen LogP contribution is 2.34. The average Bonchev–Trinajstić information content (AvgIpc) is 2.77. The van der Waals surface area contributed by atoms with Crippen LogP contribution < -0.4 is 9.47 Å². The molecule has 0 N–H and O–H groups in total. The minimum atomic E-state index is 0.192. The van der Waals surface area contributed by atoms with Crippen LogP contribution in [0.25, 0.3) is 0 Å². The molecule has 0 unspecified atom stereocenters. The van der Waals surface area contributed by atoms with E-state index in [-0.39, 0.29) is 13.2 Å². The standard InChI is InChI=1S/C23H17BrCl2N2O3/c1-29-22-8-18(12-28-31-14-16-5-3-2-4-15(16)11-27)20(24)10-23(22)30-13-17-6-7-19(25)9-21(17)26/h2-10,12H,13-14H2,1H3/b28-12-. The Morgan fingerprint density at radius 2 is 1.84 bits per heavy atom. The second-order valence-corrected chi connectivity index (χ2v) is 8.02. The first-order chi connectivity index (χ1) is 15.0. The van der Waals surface area contributed by atoms with Gasteiger partial charge >= 0.3 is 0 Å². The first kappa shape index (κ1) is 23.0. The number of hydrogen-bond donors (Lipinski definition) is 0. The molecule has 0 atom stereocenters. The van der Waals surface area contributed by atoms with Gasteiger partial charge in [-0.3, -0.25) is 0 Å². The van der Waals surface area contributed by atoms with Crippen LogP contribution in [0.2, 0.25) is 10.0 Å². The van der Waals surface area contributed by atoms with Crippen LogP contribution in [0.15, 0.2) is 64.2 Å². The van der Waals surface area contributed by atoms with Crippen molar-refractivity contribution in [2.75, 3.05) is 7.11 Å². The van der Waals surface area contributed by atoms with Gasteiger partial charge in [0.2, 0.25) is 0 Å². The van der Waals surface area contributed by atoms with Crippen LogP contribution in [-0.2, 0) is 18.1 Å². The molecule has 158 valence electrons. The van der Waals surface area contributed by atoms with Crippen molar-refractivity contribution in [3.05, 3.63) is 91.4 Å². The molecule has 0 radical (unpaired) electrons. The Labute approximate surface area is 198 Å². The zero-order valence-electron chi connectivity index (χ0n) is 16.4. The van der Waals surface area contributed by atoms with E-state index in [0.717, 1.165) is 21.2 Å². The molecule has 8 heteroatoms. The number of benzene rings is 3. The van der Waals surface area contributed by atoms with Crippen LogP contribution >= 0.6 is 39.1 Å². The van der Waals surface area contributed by atoms with Crippen LogP contribution in [0, 0.1) is 11.3 Å². The minimum absolute atomic E-state index is 0.192. The molecule has 31 heavy (non-hydrogen) atoms. The Balaban J connectivity index is 1.68. The van der Waals surface area contributed by atoms with E-state index >= 15 is 0 Å². The Bertz CT molecular complexity index is 1150. The van der Waals surface area contributed by atoms with E-state index < -0.39 is 0 Å². The summed E-state index contributed by atoms with van der Waals surface area (Å²) in [7, 11) is 1.56. The monoisotopic (exact) mass is 518 g/mol. The number of hydrogen-bond acceptors (Lipinski definition) is 5. The van der Waals surface area contributed by atoms with Gasteiger partial charge in [0.05, 0.1) is 25.0 Å². The molecule has 0 heterocycles. The lowest BCUT2D eigenvalue weighted by Gasteiger charge is -2.13. The van der Waals surface area contributed by atoms with Crippen molar-refractivity contribution >= 4 is 45.3 Å². The lowest BCUT2D eigenvalue weighted by atomic mass is 10.1. The second-order valence-electron chi connectivity index (χ2n) is 6.33. The van der Waals surface area contributed by atoms with Gasteiger partial charge in [-0.25, -0.2) is 0 Å². The average molecular weight is 520 g/mol. The predicted octanol–water partition coefficient (Wildman–Crippen LogP) is 6.77. The summed E-state index contributed by atoms with van der Waals surface area (Å²) < 4.78 is 12.1. The number of nitriles is 1. The maximum atomic E-state index is 9.13. The quantitative estimate of drug-likeness (QED) is 0.243. The molecule has 0 aliphatic rings. The van der Waals surface area contributed by atoms with Gasteiger partial charge in [-0.1, -0.05) is 52.6 Å². The molecule has 0 aliphatic heterocycles. The fourth-order valence-corrected chi connectivity index (χ4v) is 3.56. The van der Waals surface area contributed by atoms with Crippen LogP contribution in [0.5, 0.6) is 11.5 Å². The van der Waals surface area contributed by atoms with Crippen LogP contribution in [-0.4, -0.2) is 13.3 Å². The maximum Gasteiger partial charge on any atom is 0.162 e. The van der Waals surface area contributed by atoms with Gasteiger partial charge in [0.25, 0.3) is 0 Å². The molecule has 0 aromatic heterocycles. The van der Waals surface area contributed by atoms with Crippen LogP contribution in [0.4, 0.5) is 0 Å². The van der Waals surface area contributed by atoms with Crippen molar-refractivity contribution in [3.8, 4) is 17.6 Å². The van der Waals surface area contributed by atoms with Gasteiger partial charge < -0.3 is 14.3 Å². The SMILES string of the molecule is COc1cc(/C=N\OCc2ccccc2C#N)c(Br)cc1OCc1ccc(Cl)cc1Cl. The fraction of sp³-hybridized carbons (Fsp3) is 0.130. The van der Waals surface area contributed by atoms with Crippen molar-refractivity contribution in [1.29, 1.82) is 5.26 Å². The molecule has 0 saturated carbocycles. The lowest BCUT2D eigenvalue weighted by molar-refractivity contribution is 0.132. The molecule has 0 saturated heterocycles. The number of rotatable bonds is 8. The number of oxime groups is 1. The minimum Gasteiger partial charge on any atom is -0.493 e. The van der Waals surface area contributed by atoms with Gasteiger partial charge in [-0.05, 0) is 46.3 Å². The highest BCUT2D eigenvalue weighted by Gasteiger charge is 2.11. The third kappa shape index (κ3) is 6.14. The van der Waals surface area contributed by atoms with Crippen molar-refractivity contribution in [2.24, 2.45) is 5.16 Å². The Kier molecular flexibility index (Phi) is 8.19. The third-order valence-electron chi connectivity index (χ3n) is 4.31. The zero-order valence-corrected chi connectivity index (χ0v) is 19.5. The zero-order chi connectivity index (χ0) is 22.2. The molecule has 3 aromatic carbocycles. The predicted molar refractivity (Wildman–Crippen MR) is 125 cm³/mol. The van der Waals surface area contributed by atoms with Crippen molar-refractivity contribution in [1.82, 2.24) is 0 Å². The normalized spacial score (nSPS) is 10.7. The summed E-state index contributed by atoms with van der Waals surface area (Å²) in [5, 5.41) is 14.2. The number of halogens is 3. The number of methoxy groups -OCH3 is 1. The molecule has 3 aromatic rings. The van der Waals surface area contributed by atoms with E-state index in [1.54, 1.807) is 49.7 Å². The second kappa shape index (κ2) is 11.1. The molecule has 0 bridgehead atoms. The molecule has 5 nitrogen and oxygen atoms in total. The van der Waals surface area contributed by atoms with E-state index in [0.29, 0.717) is 27.1 Å². The van der Waals surface area contributed by atoms with Gasteiger partial charge in [-0.2, -0.15) is 5.26 Å². The highest BCUT2D eigenvalue weighted by atomic mass is 79.9. The largest absolute Gasteiger partial charge is 0.493 e. The van der Waals surface area contributed by atoms with E-state index in [1.165, 1.54) is 0 Å². The van der Waals surface area contributed by atoms with Crippen molar-refractivity contribution in [2.45, 2.75) is 13.2 Å². The molecule has 0 aliphatic carbocycles. The van der Waals surface area contributed by atoms with Crippen LogP contribution in [0.3, 0.4) is 0 Å². The van der Waals surface area contributed by atoms with E-state index in [2.05, 4.69) is 27.2 Å². The molecular formula is C23H17BrCl2N2O3. The molecule has 3 rings (SSSR count). The smallest absolute Gasteiger partial charge is 0.162 e. The molecule has 0 amide bonds. The highest BCUT2D eigenvalue weighted by molar-refractivity contribution is 9.10. The Morgan fingerprint density at radius 1 is 1.03 bits per heavy atom. The third-order valence-corrected chi connectivity index (χ3v) is 5.58. The first-order valence-electron chi connectivity index (χ1n) is 9.09. The van der Waals surface area contributed by atoms with Gasteiger partial charge in [0.15, 0.2) is 11.5 Å². The van der Waals surface area contributed by atoms with E-state index in [4.69, 9.17) is 42.8 Å². The number of nitrogens with zero attached hydrogens (tertiary/aromatic N) is 2. The summed E-state index contributed by atoms with van der Waals surface area (Å²) in [5.41, 5.74) is 2.87. The van der Waals surface area contributed by atoms with Gasteiger partial charge in [-0.15, -0.1) is 0 Å². The number of ether oxygens (including phenoxy) is 2. The van der Waals surface area contributed by atoms with Crippen molar-refractivity contribution < 1.29 is 14.3 Å². The summed E-state index contributed by atoms with van der Waals surface area (Å²) >= 11 is 15.7. The van der Waals surface area contributed by atoms with Crippen LogP contribution in [0.1, 0.15) is 22.3 Å². The fourth-order valence-electron chi connectivity index (χ4n) is 2.67. The topological polar surface area (TPSA) is 63.8 Å². The Morgan fingerprint density at radius 3 is 2.58 bits per heavy atom. The first-order valence-corrected chi connectivity index (χ1v) is 10.6. The molecular weight excluding hydrogens is 503 g/mol. The summed E-state index contributed by atoms with van der Waals surface area (Å²) in [5.74, 6) is 1.07. The van der Waals surface area contributed by atoms with Gasteiger partial charge in [0.1, 0.15) is 13.2 Å². The molecule has 0 fully saturated rings.